The Bertz CT molecular complexity index is 961. The van der Waals surface area contributed by atoms with E-state index in [1.807, 2.05) is 49.4 Å². The third kappa shape index (κ3) is 4.77. The maximum atomic E-state index is 12.6. The molecule has 0 atom stereocenters. The molecule has 0 bridgehead atoms. The molecular weight excluding hydrogens is 504 g/mol. The molecule has 0 unspecified atom stereocenters. The molecule has 1 heterocycles. The maximum absolute atomic E-state index is 12.6. The molecule has 2 aromatic carbocycles. The Morgan fingerprint density at radius 2 is 1.86 bits per heavy atom. The van der Waals surface area contributed by atoms with Crippen molar-refractivity contribution < 1.29 is 9.53 Å². The number of ether oxygens (including phenoxy) is 1. The van der Waals surface area contributed by atoms with Crippen LogP contribution in [0.15, 0.2) is 67.9 Å². The lowest BCUT2D eigenvalue weighted by Crippen LogP contribution is -2.23. The molecule has 144 valence electrons. The third-order valence-electron chi connectivity index (χ3n) is 3.93. The topological polar surface area (TPSA) is 41.9 Å². The number of carbonyl (C=O) groups excluding carboxylic acids is 1. The first kappa shape index (κ1) is 20.9. The number of likely N-dealkylation sites (N-methyl/N-ethyl adjacent to an activating group) is 1. The summed E-state index contributed by atoms with van der Waals surface area (Å²) in [5.74, 6) is 0.626. The number of amides is 1. The summed E-state index contributed by atoms with van der Waals surface area (Å²) >= 11 is 8.41. The number of rotatable bonds is 5. The molecule has 0 aromatic heterocycles. The van der Waals surface area contributed by atoms with Crippen molar-refractivity contribution in [2.24, 2.45) is 4.99 Å². The molecule has 1 fully saturated rings. The molecule has 2 aromatic rings. The van der Waals surface area contributed by atoms with E-state index >= 15 is 0 Å². The minimum Gasteiger partial charge on any atom is -0.487 e. The maximum Gasteiger partial charge on any atom is 0.266 e. The lowest BCUT2D eigenvalue weighted by Gasteiger charge is -2.09. The van der Waals surface area contributed by atoms with E-state index in [9.17, 15) is 4.79 Å². The van der Waals surface area contributed by atoms with Crippen molar-refractivity contribution in [2.45, 2.75) is 6.92 Å². The van der Waals surface area contributed by atoms with Crippen LogP contribution in [0.25, 0.3) is 6.08 Å². The van der Waals surface area contributed by atoms with Crippen LogP contribution >= 0.6 is 43.6 Å². The average Bonchev–Trinajstić information content (AvgIpc) is 2.91. The van der Waals surface area contributed by atoms with Crippen LogP contribution in [-0.4, -0.2) is 29.6 Å². The Morgan fingerprint density at radius 1 is 1.21 bits per heavy atom. The number of halogens is 2. The standard InChI is InChI=1S/C21H18Br2N2O2S/c1-4-9-27-19-16(22)10-14(11-17(19)23)12-18-20(26)25(3)21(28-18)24-15-7-5-13(2)6-8-15/h4-8,10-12H,1,9H2,2-3H3/b18-12+,24-21?. The van der Waals surface area contributed by atoms with E-state index in [4.69, 9.17) is 4.74 Å². The fourth-order valence-electron chi connectivity index (χ4n) is 2.48. The molecule has 1 amide bonds. The van der Waals surface area contributed by atoms with Gasteiger partial charge in [-0.05, 0) is 86.5 Å². The van der Waals surface area contributed by atoms with Gasteiger partial charge in [0.2, 0.25) is 0 Å². The zero-order chi connectivity index (χ0) is 20.3. The fraction of sp³-hybridized carbons (Fsp3) is 0.143. The lowest BCUT2D eigenvalue weighted by molar-refractivity contribution is -0.121. The quantitative estimate of drug-likeness (QED) is 0.341. The fourth-order valence-corrected chi connectivity index (χ4v) is 4.91. The van der Waals surface area contributed by atoms with Crippen LogP contribution in [0.3, 0.4) is 0 Å². The van der Waals surface area contributed by atoms with Gasteiger partial charge in [-0.15, -0.1) is 0 Å². The summed E-state index contributed by atoms with van der Waals surface area (Å²) in [6.07, 6.45) is 3.54. The molecule has 0 spiro atoms. The van der Waals surface area contributed by atoms with Gasteiger partial charge in [0.15, 0.2) is 5.17 Å². The van der Waals surface area contributed by atoms with Crippen molar-refractivity contribution in [2.75, 3.05) is 13.7 Å². The van der Waals surface area contributed by atoms with Crippen molar-refractivity contribution >= 4 is 66.5 Å². The number of hydrogen-bond donors (Lipinski definition) is 0. The number of hydrogen-bond acceptors (Lipinski definition) is 4. The van der Waals surface area contributed by atoms with E-state index in [2.05, 4.69) is 43.4 Å². The number of carbonyl (C=O) groups is 1. The summed E-state index contributed by atoms with van der Waals surface area (Å²) < 4.78 is 7.24. The molecule has 0 N–H and O–H groups in total. The highest BCUT2D eigenvalue weighted by Gasteiger charge is 2.30. The van der Waals surface area contributed by atoms with Crippen molar-refractivity contribution in [3.05, 3.63) is 74.0 Å². The Morgan fingerprint density at radius 3 is 2.46 bits per heavy atom. The molecule has 7 heteroatoms. The van der Waals surface area contributed by atoms with Crippen LogP contribution in [0, 0.1) is 6.92 Å². The van der Waals surface area contributed by atoms with Crippen LogP contribution in [0.4, 0.5) is 5.69 Å². The predicted molar refractivity (Wildman–Crippen MR) is 124 cm³/mol. The molecule has 1 aliphatic rings. The molecule has 4 nitrogen and oxygen atoms in total. The zero-order valence-corrected chi connectivity index (χ0v) is 19.4. The van der Waals surface area contributed by atoms with Crippen LogP contribution in [0.2, 0.25) is 0 Å². The highest BCUT2D eigenvalue weighted by Crippen LogP contribution is 2.38. The van der Waals surface area contributed by atoms with Crippen molar-refractivity contribution in [1.82, 2.24) is 4.90 Å². The highest BCUT2D eigenvalue weighted by atomic mass is 79.9. The van der Waals surface area contributed by atoms with Gasteiger partial charge in [0.05, 0.1) is 19.5 Å². The van der Waals surface area contributed by atoms with E-state index in [-0.39, 0.29) is 5.91 Å². The van der Waals surface area contributed by atoms with Crippen molar-refractivity contribution in [3.63, 3.8) is 0 Å². The van der Waals surface area contributed by atoms with Gasteiger partial charge in [0, 0.05) is 7.05 Å². The normalized spacial score (nSPS) is 16.9. The number of aryl methyl sites for hydroxylation is 1. The number of benzene rings is 2. The predicted octanol–water partition coefficient (Wildman–Crippen LogP) is 6.32. The first-order valence-corrected chi connectivity index (χ1v) is 10.8. The van der Waals surface area contributed by atoms with Gasteiger partial charge in [0.25, 0.3) is 5.91 Å². The Kier molecular flexibility index (Phi) is 6.80. The third-order valence-corrected chi connectivity index (χ3v) is 6.16. The van der Waals surface area contributed by atoms with Crippen molar-refractivity contribution in [1.29, 1.82) is 0 Å². The van der Waals surface area contributed by atoms with E-state index in [1.165, 1.54) is 17.3 Å². The second kappa shape index (κ2) is 9.11. The molecule has 0 aliphatic carbocycles. The highest BCUT2D eigenvalue weighted by molar-refractivity contribution is 9.11. The lowest BCUT2D eigenvalue weighted by atomic mass is 10.2. The van der Waals surface area contributed by atoms with Gasteiger partial charge in [0.1, 0.15) is 12.4 Å². The van der Waals surface area contributed by atoms with Gasteiger partial charge in [-0.2, -0.15) is 0 Å². The van der Waals surface area contributed by atoms with Crippen molar-refractivity contribution in [3.8, 4) is 5.75 Å². The first-order chi connectivity index (χ1) is 13.4. The van der Waals surface area contributed by atoms with Crippen LogP contribution < -0.4 is 4.74 Å². The van der Waals surface area contributed by atoms with E-state index < -0.39 is 0 Å². The van der Waals surface area contributed by atoms with Crippen LogP contribution in [0.5, 0.6) is 5.75 Å². The zero-order valence-electron chi connectivity index (χ0n) is 15.4. The minimum absolute atomic E-state index is 0.0740. The van der Waals surface area contributed by atoms with E-state index in [0.717, 1.165) is 20.2 Å². The molecule has 3 rings (SSSR count). The first-order valence-electron chi connectivity index (χ1n) is 8.44. The monoisotopic (exact) mass is 520 g/mol. The number of amidine groups is 1. The number of nitrogens with zero attached hydrogens (tertiary/aromatic N) is 2. The summed E-state index contributed by atoms with van der Waals surface area (Å²) in [7, 11) is 1.74. The molecule has 1 saturated heterocycles. The Balaban J connectivity index is 1.87. The van der Waals surface area contributed by atoms with Gasteiger partial charge in [-0.25, -0.2) is 4.99 Å². The van der Waals surface area contributed by atoms with Crippen LogP contribution in [-0.2, 0) is 4.79 Å². The van der Waals surface area contributed by atoms with E-state index in [1.54, 1.807) is 18.0 Å². The number of thioether (sulfide) groups is 1. The van der Waals surface area contributed by atoms with E-state index in [0.29, 0.717) is 22.4 Å². The average molecular weight is 522 g/mol. The summed E-state index contributed by atoms with van der Waals surface area (Å²) in [6.45, 7) is 6.10. The molecular formula is C21H18Br2N2O2S. The molecule has 0 saturated carbocycles. The van der Waals surface area contributed by atoms with Gasteiger partial charge in [-0.3, -0.25) is 9.69 Å². The van der Waals surface area contributed by atoms with Gasteiger partial charge in [-0.1, -0.05) is 30.4 Å². The smallest absolute Gasteiger partial charge is 0.266 e. The second-order valence-electron chi connectivity index (χ2n) is 6.12. The molecule has 28 heavy (non-hydrogen) atoms. The largest absolute Gasteiger partial charge is 0.487 e. The minimum atomic E-state index is -0.0740. The summed E-state index contributed by atoms with van der Waals surface area (Å²) in [4.78, 5) is 19.4. The summed E-state index contributed by atoms with van der Waals surface area (Å²) in [6, 6.07) is 11.7. The SMILES string of the molecule is C=CCOc1c(Br)cc(/C=C2/SC(=Nc3ccc(C)cc3)N(C)C2=O)cc1Br. The molecule has 1 aliphatic heterocycles. The Hall–Kier alpha value is -1.83. The summed E-state index contributed by atoms with van der Waals surface area (Å²) in [5, 5.41) is 0.657. The van der Waals surface area contributed by atoms with Gasteiger partial charge >= 0.3 is 0 Å². The van der Waals surface area contributed by atoms with Crippen LogP contribution in [0.1, 0.15) is 11.1 Å². The second-order valence-corrected chi connectivity index (χ2v) is 8.84. The number of aliphatic imine (C=N–C) groups is 1. The van der Waals surface area contributed by atoms with Gasteiger partial charge < -0.3 is 4.74 Å². The Labute approximate surface area is 185 Å². The molecule has 0 radical (unpaired) electrons. The summed E-state index contributed by atoms with van der Waals surface area (Å²) in [5.41, 5.74) is 2.87.